The molecule has 2 nitrogen and oxygen atoms in total. The Balaban J connectivity index is 1.98. The molecule has 0 radical (unpaired) electrons. The van der Waals surface area contributed by atoms with Crippen LogP contribution in [-0.2, 0) is 6.54 Å². The Morgan fingerprint density at radius 1 is 1.20 bits per heavy atom. The van der Waals surface area contributed by atoms with Crippen molar-refractivity contribution in [1.29, 1.82) is 0 Å². The fraction of sp³-hybridized carbons (Fsp3) is 0.176. The number of anilines is 1. The van der Waals surface area contributed by atoms with Crippen molar-refractivity contribution in [2.45, 2.75) is 13.5 Å². The summed E-state index contributed by atoms with van der Waals surface area (Å²) >= 11 is 6.19. The Hall–Kier alpha value is -1.93. The third-order valence-corrected chi connectivity index (χ3v) is 3.30. The number of ether oxygens (including phenoxy) is 1. The monoisotopic (exact) mass is 287 g/mol. The van der Waals surface area contributed by atoms with Crippen molar-refractivity contribution in [3.8, 4) is 5.75 Å². The fourth-order valence-corrected chi connectivity index (χ4v) is 2.19. The maximum atomic E-state index is 6.19. The molecule has 104 valence electrons. The van der Waals surface area contributed by atoms with Crippen LogP contribution in [0.15, 0.2) is 55.1 Å². The number of aryl methyl sites for hydroxylation is 1. The van der Waals surface area contributed by atoms with Crippen molar-refractivity contribution in [3.63, 3.8) is 0 Å². The first kappa shape index (κ1) is 14.5. The van der Waals surface area contributed by atoms with Gasteiger partial charge in [-0.2, -0.15) is 0 Å². The zero-order valence-corrected chi connectivity index (χ0v) is 12.3. The summed E-state index contributed by atoms with van der Waals surface area (Å²) in [4.78, 5) is 0. The average molecular weight is 288 g/mol. The third-order valence-electron chi connectivity index (χ3n) is 2.98. The van der Waals surface area contributed by atoms with Gasteiger partial charge in [0.05, 0.1) is 10.7 Å². The van der Waals surface area contributed by atoms with Crippen LogP contribution >= 0.6 is 11.6 Å². The highest BCUT2D eigenvalue weighted by molar-refractivity contribution is 6.33. The first-order valence-electron chi connectivity index (χ1n) is 6.52. The number of nitrogens with one attached hydrogen (secondary N) is 1. The molecular formula is C17H18ClNO. The normalized spacial score (nSPS) is 10.1. The molecule has 0 amide bonds. The summed E-state index contributed by atoms with van der Waals surface area (Å²) in [6.45, 7) is 6.92. The summed E-state index contributed by atoms with van der Waals surface area (Å²) in [5.74, 6) is 0.850. The Morgan fingerprint density at radius 3 is 2.60 bits per heavy atom. The predicted molar refractivity (Wildman–Crippen MR) is 85.6 cm³/mol. The molecule has 0 heterocycles. The largest absolute Gasteiger partial charge is 0.490 e. The van der Waals surface area contributed by atoms with Crippen molar-refractivity contribution in [1.82, 2.24) is 0 Å². The second-order valence-electron chi connectivity index (χ2n) is 4.53. The molecular weight excluding hydrogens is 270 g/mol. The van der Waals surface area contributed by atoms with Gasteiger partial charge in [0.15, 0.2) is 0 Å². The molecule has 0 saturated carbocycles. The molecule has 0 aliphatic heterocycles. The van der Waals surface area contributed by atoms with Crippen molar-refractivity contribution in [2.24, 2.45) is 0 Å². The molecule has 0 spiro atoms. The van der Waals surface area contributed by atoms with Crippen LogP contribution in [0.4, 0.5) is 5.69 Å². The van der Waals surface area contributed by atoms with Gasteiger partial charge in [0.1, 0.15) is 12.4 Å². The van der Waals surface area contributed by atoms with E-state index in [1.807, 2.05) is 49.4 Å². The van der Waals surface area contributed by atoms with Gasteiger partial charge >= 0.3 is 0 Å². The van der Waals surface area contributed by atoms with Gasteiger partial charge in [-0.1, -0.05) is 48.5 Å². The van der Waals surface area contributed by atoms with E-state index >= 15 is 0 Å². The van der Waals surface area contributed by atoms with E-state index in [0.29, 0.717) is 6.61 Å². The van der Waals surface area contributed by atoms with Gasteiger partial charge in [-0.3, -0.25) is 0 Å². The number of hydrogen-bond acceptors (Lipinski definition) is 2. The summed E-state index contributed by atoms with van der Waals surface area (Å²) in [5, 5.41) is 4.12. The Labute approximate surface area is 125 Å². The quantitative estimate of drug-likeness (QED) is 0.769. The number of hydrogen-bond donors (Lipinski definition) is 1. The molecule has 2 rings (SSSR count). The molecule has 3 heteroatoms. The molecule has 1 N–H and O–H groups in total. The average Bonchev–Trinajstić information content (AvgIpc) is 2.46. The van der Waals surface area contributed by atoms with Crippen molar-refractivity contribution >= 4 is 17.3 Å². The van der Waals surface area contributed by atoms with E-state index in [-0.39, 0.29) is 0 Å². The lowest BCUT2D eigenvalue weighted by Gasteiger charge is -2.12. The molecule has 0 aromatic heterocycles. The third kappa shape index (κ3) is 3.78. The second kappa shape index (κ2) is 7.01. The molecule has 0 unspecified atom stereocenters. The van der Waals surface area contributed by atoms with Crippen LogP contribution in [0.2, 0.25) is 5.02 Å². The lowest BCUT2D eigenvalue weighted by Crippen LogP contribution is -2.02. The van der Waals surface area contributed by atoms with Gasteiger partial charge in [0, 0.05) is 6.54 Å². The van der Waals surface area contributed by atoms with Crippen molar-refractivity contribution in [2.75, 3.05) is 11.9 Å². The highest BCUT2D eigenvalue weighted by Gasteiger charge is 2.03. The maximum absolute atomic E-state index is 6.19. The molecule has 2 aromatic carbocycles. The summed E-state index contributed by atoms with van der Waals surface area (Å²) in [6, 6.07) is 13.9. The lowest BCUT2D eigenvalue weighted by atomic mass is 10.1. The van der Waals surface area contributed by atoms with Gasteiger partial charge in [-0.15, -0.1) is 0 Å². The van der Waals surface area contributed by atoms with E-state index in [1.54, 1.807) is 6.08 Å². The highest BCUT2D eigenvalue weighted by atomic mass is 35.5. The van der Waals surface area contributed by atoms with Gasteiger partial charge in [-0.05, 0) is 36.2 Å². The summed E-state index contributed by atoms with van der Waals surface area (Å²) in [6.07, 6.45) is 1.73. The zero-order valence-electron chi connectivity index (χ0n) is 11.5. The van der Waals surface area contributed by atoms with Crippen LogP contribution in [0, 0.1) is 6.92 Å². The van der Waals surface area contributed by atoms with E-state index in [4.69, 9.17) is 16.3 Å². The fourth-order valence-electron chi connectivity index (χ4n) is 1.90. The summed E-state index contributed by atoms with van der Waals surface area (Å²) in [5.41, 5.74) is 3.31. The smallest absolute Gasteiger partial charge is 0.119 e. The molecule has 0 aliphatic carbocycles. The molecule has 20 heavy (non-hydrogen) atoms. The van der Waals surface area contributed by atoms with Gasteiger partial charge in [0.25, 0.3) is 0 Å². The molecule has 0 atom stereocenters. The first-order chi connectivity index (χ1) is 9.70. The molecule has 0 bridgehead atoms. The minimum absolute atomic E-state index is 0.524. The van der Waals surface area contributed by atoms with E-state index < -0.39 is 0 Å². The second-order valence-corrected chi connectivity index (χ2v) is 4.94. The van der Waals surface area contributed by atoms with Gasteiger partial charge < -0.3 is 10.1 Å². The van der Waals surface area contributed by atoms with Crippen LogP contribution in [0.5, 0.6) is 5.75 Å². The van der Waals surface area contributed by atoms with Gasteiger partial charge in [0.2, 0.25) is 0 Å². The Bertz CT molecular complexity index is 558. The van der Waals surface area contributed by atoms with Crippen molar-refractivity contribution in [3.05, 3.63) is 71.3 Å². The Morgan fingerprint density at radius 2 is 1.95 bits per heavy atom. The number of para-hydroxylation sites is 1. The SMILES string of the molecule is C=CCOc1ccc(CNc2c(C)cccc2Cl)cc1. The first-order valence-corrected chi connectivity index (χ1v) is 6.90. The van der Waals surface area contributed by atoms with Crippen LogP contribution in [0.3, 0.4) is 0 Å². The molecule has 0 fully saturated rings. The zero-order chi connectivity index (χ0) is 14.4. The molecule has 2 aromatic rings. The van der Waals surface area contributed by atoms with E-state index in [0.717, 1.165) is 28.6 Å². The number of halogens is 1. The van der Waals surface area contributed by atoms with E-state index in [9.17, 15) is 0 Å². The number of benzene rings is 2. The van der Waals surface area contributed by atoms with E-state index in [1.165, 1.54) is 5.56 Å². The van der Waals surface area contributed by atoms with Gasteiger partial charge in [-0.25, -0.2) is 0 Å². The van der Waals surface area contributed by atoms with Crippen LogP contribution in [0.1, 0.15) is 11.1 Å². The Kier molecular flexibility index (Phi) is 5.08. The van der Waals surface area contributed by atoms with Crippen LogP contribution < -0.4 is 10.1 Å². The lowest BCUT2D eigenvalue weighted by molar-refractivity contribution is 0.363. The molecule has 0 aliphatic rings. The highest BCUT2D eigenvalue weighted by Crippen LogP contribution is 2.25. The van der Waals surface area contributed by atoms with Crippen molar-refractivity contribution < 1.29 is 4.74 Å². The topological polar surface area (TPSA) is 21.3 Å². The summed E-state index contributed by atoms with van der Waals surface area (Å²) in [7, 11) is 0. The predicted octanol–water partition coefficient (Wildman–Crippen LogP) is 4.83. The standard InChI is InChI=1S/C17H18ClNO/c1-3-11-20-15-9-7-14(8-10-15)12-19-17-13(2)5-4-6-16(17)18/h3-10,19H,1,11-12H2,2H3. The van der Waals surface area contributed by atoms with Crippen LogP contribution in [0.25, 0.3) is 0 Å². The number of rotatable bonds is 6. The summed E-state index contributed by atoms with van der Waals surface area (Å²) < 4.78 is 5.45. The van der Waals surface area contributed by atoms with Crippen LogP contribution in [-0.4, -0.2) is 6.61 Å². The van der Waals surface area contributed by atoms with E-state index in [2.05, 4.69) is 11.9 Å². The minimum Gasteiger partial charge on any atom is -0.490 e. The maximum Gasteiger partial charge on any atom is 0.119 e. The minimum atomic E-state index is 0.524. The molecule has 0 saturated heterocycles.